The standard InChI is InChI=1S/C13H20.2C12H19N/c1-10(2)9-12-5-7-13(8-6-12)11(3)4;2*1-9(2)7-11-5-6-12(10(3)4)13-8-11/h5-8,10-11H,9H2,1-4H3;2*5-6,8-10H,7H2,1-4H3. The van der Waals surface area contributed by atoms with Crippen LogP contribution in [0.2, 0.25) is 0 Å². The van der Waals surface area contributed by atoms with Crippen LogP contribution in [0.15, 0.2) is 60.9 Å². The Bertz CT molecular complexity index is 872. The minimum Gasteiger partial charge on any atom is -0.261 e. The molecular weight excluding hydrogens is 472 g/mol. The molecule has 2 heterocycles. The van der Waals surface area contributed by atoms with Crippen molar-refractivity contribution in [2.75, 3.05) is 0 Å². The second kappa shape index (κ2) is 18.0. The van der Waals surface area contributed by atoms with Crippen molar-refractivity contribution in [3.8, 4) is 0 Å². The largest absolute Gasteiger partial charge is 0.261 e. The number of rotatable bonds is 9. The Morgan fingerprint density at radius 2 is 0.744 bits per heavy atom. The van der Waals surface area contributed by atoms with Crippen molar-refractivity contribution in [1.82, 2.24) is 9.97 Å². The van der Waals surface area contributed by atoms with Gasteiger partial charge in [0.1, 0.15) is 0 Å². The molecule has 0 aliphatic carbocycles. The van der Waals surface area contributed by atoms with Gasteiger partial charge in [0.25, 0.3) is 0 Å². The summed E-state index contributed by atoms with van der Waals surface area (Å²) >= 11 is 0. The number of pyridine rings is 2. The molecule has 0 amide bonds. The van der Waals surface area contributed by atoms with E-state index < -0.39 is 0 Å². The Labute approximate surface area is 242 Å². The van der Waals surface area contributed by atoms with E-state index in [1.54, 1.807) is 0 Å². The van der Waals surface area contributed by atoms with Crippen LogP contribution in [0, 0.1) is 17.8 Å². The van der Waals surface area contributed by atoms with Crippen molar-refractivity contribution in [3.05, 3.63) is 94.6 Å². The molecule has 1 aromatic carbocycles. The first-order valence-corrected chi connectivity index (χ1v) is 15.3. The second-order valence-corrected chi connectivity index (χ2v) is 13.2. The third-order valence-corrected chi connectivity index (χ3v) is 6.46. The summed E-state index contributed by atoms with van der Waals surface area (Å²) in [6, 6.07) is 17.7. The van der Waals surface area contributed by atoms with E-state index in [0.717, 1.165) is 18.8 Å². The van der Waals surface area contributed by atoms with Gasteiger partial charge in [-0.25, -0.2) is 0 Å². The maximum absolute atomic E-state index is 4.43. The lowest BCUT2D eigenvalue weighted by atomic mass is 9.98. The van der Waals surface area contributed by atoms with Gasteiger partial charge in [0.15, 0.2) is 0 Å². The second-order valence-electron chi connectivity index (χ2n) is 13.2. The summed E-state index contributed by atoms with van der Waals surface area (Å²) in [6.07, 6.45) is 7.47. The van der Waals surface area contributed by atoms with Gasteiger partial charge in [0.05, 0.1) is 0 Å². The first kappa shape index (κ1) is 34.5. The maximum Gasteiger partial charge on any atom is 0.0429 e. The molecule has 0 aliphatic heterocycles. The molecule has 0 saturated carbocycles. The zero-order valence-electron chi connectivity index (χ0n) is 27.3. The van der Waals surface area contributed by atoms with E-state index in [0.29, 0.717) is 29.6 Å². The van der Waals surface area contributed by atoms with E-state index in [2.05, 4.69) is 142 Å². The Morgan fingerprint density at radius 3 is 1.00 bits per heavy atom. The molecular formula is C37H58N2. The molecule has 0 bridgehead atoms. The third kappa shape index (κ3) is 15.0. The zero-order chi connectivity index (χ0) is 29.5. The third-order valence-electron chi connectivity index (χ3n) is 6.46. The molecule has 0 fully saturated rings. The number of hydrogen-bond donors (Lipinski definition) is 0. The number of aromatic nitrogens is 2. The van der Waals surface area contributed by atoms with Gasteiger partial charge in [-0.3, -0.25) is 9.97 Å². The minimum absolute atomic E-state index is 0.535. The van der Waals surface area contributed by atoms with E-state index in [1.165, 1.54) is 40.1 Å². The van der Waals surface area contributed by atoms with E-state index in [9.17, 15) is 0 Å². The summed E-state index contributed by atoms with van der Waals surface area (Å²) in [5.41, 5.74) is 7.96. The molecule has 0 unspecified atom stereocenters. The highest BCUT2D eigenvalue weighted by molar-refractivity contribution is 5.25. The topological polar surface area (TPSA) is 25.8 Å². The number of benzene rings is 1. The molecule has 2 aromatic heterocycles. The summed E-state index contributed by atoms with van der Waals surface area (Å²) < 4.78 is 0. The van der Waals surface area contributed by atoms with Crippen LogP contribution in [0.1, 0.15) is 134 Å². The maximum atomic E-state index is 4.43. The lowest BCUT2D eigenvalue weighted by Gasteiger charge is -2.08. The lowest BCUT2D eigenvalue weighted by molar-refractivity contribution is 0.644. The molecule has 3 rings (SSSR count). The molecule has 3 aromatic rings. The van der Waals surface area contributed by atoms with Gasteiger partial charge in [-0.05, 0) is 89.2 Å². The Morgan fingerprint density at radius 1 is 0.410 bits per heavy atom. The van der Waals surface area contributed by atoms with Crippen molar-refractivity contribution < 1.29 is 0 Å². The Kier molecular flexibility index (Phi) is 15.9. The van der Waals surface area contributed by atoms with Crippen LogP contribution in [0.25, 0.3) is 0 Å². The summed E-state index contributed by atoms with van der Waals surface area (Å²) in [5, 5.41) is 0. The van der Waals surface area contributed by atoms with Gasteiger partial charge in [-0.2, -0.15) is 0 Å². The summed E-state index contributed by atoms with van der Waals surface area (Å²) in [4.78, 5) is 8.86. The molecule has 39 heavy (non-hydrogen) atoms. The smallest absolute Gasteiger partial charge is 0.0429 e. The van der Waals surface area contributed by atoms with E-state index >= 15 is 0 Å². The van der Waals surface area contributed by atoms with Crippen molar-refractivity contribution in [1.29, 1.82) is 0 Å². The van der Waals surface area contributed by atoms with Gasteiger partial charge in [-0.1, -0.05) is 119 Å². The zero-order valence-corrected chi connectivity index (χ0v) is 27.3. The van der Waals surface area contributed by atoms with E-state index in [1.807, 2.05) is 12.4 Å². The minimum atomic E-state index is 0.535. The van der Waals surface area contributed by atoms with Gasteiger partial charge in [0.2, 0.25) is 0 Å². The molecule has 0 atom stereocenters. The lowest BCUT2D eigenvalue weighted by Crippen LogP contribution is -1.97. The van der Waals surface area contributed by atoms with Gasteiger partial charge in [-0.15, -0.1) is 0 Å². The number of nitrogens with zero attached hydrogens (tertiary/aromatic N) is 2. The van der Waals surface area contributed by atoms with Crippen LogP contribution in [-0.4, -0.2) is 9.97 Å². The van der Waals surface area contributed by atoms with Crippen LogP contribution in [0.5, 0.6) is 0 Å². The molecule has 0 saturated heterocycles. The first-order valence-electron chi connectivity index (χ1n) is 15.3. The molecule has 0 radical (unpaired) electrons. The summed E-state index contributed by atoms with van der Waals surface area (Å²) in [5.74, 6) is 3.90. The average molecular weight is 531 g/mol. The summed E-state index contributed by atoms with van der Waals surface area (Å²) in [7, 11) is 0. The van der Waals surface area contributed by atoms with Crippen molar-refractivity contribution in [2.24, 2.45) is 17.8 Å². The first-order chi connectivity index (χ1) is 18.3. The fourth-order valence-electron chi connectivity index (χ4n) is 4.25. The van der Waals surface area contributed by atoms with Gasteiger partial charge in [0, 0.05) is 23.8 Å². The normalized spacial score (nSPS) is 11.2. The van der Waals surface area contributed by atoms with Crippen molar-refractivity contribution >= 4 is 0 Å². The molecule has 0 N–H and O–H groups in total. The molecule has 2 nitrogen and oxygen atoms in total. The average Bonchev–Trinajstić information content (AvgIpc) is 2.85. The van der Waals surface area contributed by atoms with Crippen LogP contribution >= 0.6 is 0 Å². The molecule has 0 aliphatic rings. The van der Waals surface area contributed by atoms with E-state index in [-0.39, 0.29) is 0 Å². The fraction of sp³-hybridized carbons (Fsp3) is 0.568. The highest BCUT2D eigenvalue weighted by atomic mass is 14.7. The van der Waals surface area contributed by atoms with E-state index in [4.69, 9.17) is 0 Å². The fourth-order valence-corrected chi connectivity index (χ4v) is 4.25. The highest BCUT2D eigenvalue weighted by Gasteiger charge is 2.03. The van der Waals surface area contributed by atoms with Crippen LogP contribution in [-0.2, 0) is 19.3 Å². The number of hydrogen-bond acceptors (Lipinski definition) is 2. The van der Waals surface area contributed by atoms with Crippen molar-refractivity contribution in [2.45, 2.75) is 120 Å². The molecule has 0 spiro atoms. The molecule has 2 heteroatoms. The predicted molar refractivity (Wildman–Crippen MR) is 173 cm³/mol. The van der Waals surface area contributed by atoms with Crippen LogP contribution in [0.3, 0.4) is 0 Å². The van der Waals surface area contributed by atoms with Crippen LogP contribution < -0.4 is 0 Å². The Hall–Kier alpha value is -2.48. The SMILES string of the molecule is CC(C)Cc1ccc(C(C)C)cc1.CC(C)Cc1ccc(C(C)C)nc1.CC(C)Cc1ccc(C(C)C)nc1. The Balaban J connectivity index is 0.000000292. The van der Waals surface area contributed by atoms with Gasteiger partial charge < -0.3 is 0 Å². The van der Waals surface area contributed by atoms with Gasteiger partial charge >= 0.3 is 0 Å². The monoisotopic (exact) mass is 530 g/mol. The van der Waals surface area contributed by atoms with Crippen LogP contribution in [0.4, 0.5) is 0 Å². The molecule has 216 valence electrons. The highest BCUT2D eigenvalue weighted by Crippen LogP contribution is 2.17. The quantitative estimate of drug-likeness (QED) is 0.275. The van der Waals surface area contributed by atoms with Crippen molar-refractivity contribution in [3.63, 3.8) is 0 Å². The summed E-state index contributed by atoms with van der Waals surface area (Å²) in [6.45, 7) is 26.6. The predicted octanol–water partition coefficient (Wildman–Crippen LogP) is 10.8.